The fourth-order valence-electron chi connectivity index (χ4n) is 2.12. The van der Waals surface area contributed by atoms with E-state index in [9.17, 15) is 0 Å². The Labute approximate surface area is 122 Å². The number of halogens is 1. The Balaban J connectivity index is 1.97. The van der Waals surface area contributed by atoms with Crippen LogP contribution in [0.5, 0.6) is 6.01 Å². The largest absolute Gasteiger partial charge is 0.463 e. The first-order valence-electron chi connectivity index (χ1n) is 6.55. The standard InChI is InChI=1S/C12H19ClN4OS/c1-3-6-18-12-16-10(13)15-11(17-12)14-8-4-5-9(7-8)19-2/h8-9H,3-7H2,1-2H3,(H,14,15,16,17). The third-order valence-corrected chi connectivity index (χ3v) is 4.34. The summed E-state index contributed by atoms with van der Waals surface area (Å²) in [4.78, 5) is 12.3. The van der Waals surface area contributed by atoms with Crippen LogP contribution < -0.4 is 10.1 Å². The summed E-state index contributed by atoms with van der Waals surface area (Å²) in [6.07, 6.45) is 6.57. The number of ether oxygens (including phenoxy) is 1. The van der Waals surface area contributed by atoms with Gasteiger partial charge in [0.25, 0.3) is 0 Å². The van der Waals surface area contributed by atoms with E-state index in [0.29, 0.717) is 24.6 Å². The Kier molecular flexibility index (Phi) is 5.51. The molecular weight excluding hydrogens is 284 g/mol. The Morgan fingerprint density at radius 2 is 2.21 bits per heavy atom. The molecule has 0 spiro atoms. The van der Waals surface area contributed by atoms with E-state index < -0.39 is 0 Å². The lowest BCUT2D eigenvalue weighted by molar-refractivity contribution is 0.291. The van der Waals surface area contributed by atoms with Gasteiger partial charge in [-0.1, -0.05) is 6.92 Å². The van der Waals surface area contributed by atoms with Gasteiger partial charge in [0, 0.05) is 11.3 Å². The van der Waals surface area contributed by atoms with Crippen LogP contribution in [-0.4, -0.2) is 39.1 Å². The number of hydrogen-bond donors (Lipinski definition) is 1. The summed E-state index contributed by atoms with van der Waals surface area (Å²) in [7, 11) is 0. The molecule has 0 aromatic carbocycles. The molecule has 1 heterocycles. The van der Waals surface area contributed by atoms with Crippen LogP contribution in [0.15, 0.2) is 0 Å². The zero-order valence-electron chi connectivity index (χ0n) is 11.2. The molecule has 0 saturated heterocycles. The van der Waals surface area contributed by atoms with Crippen molar-refractivity contribution in [2.45, 2.75) is 43.9 Å². The first kappa shape index (κ1) is 14.7. The molecule has 1 aliphatic rings. The zero-order chi connectivity index (χ0) is 13.7. The molecule has 0 radical (unpaired) electrons. The number of thioether (sulfide) groups is 1. The second kappa shape index (κ2) is 7.14. The van der Waals surface area contributed by atoms with Crippen LogP contribution in [0.1, 0.15) is 32.6 Å². The van der Waals surface area contributed by atoms with Gasteiger partial charge in [-0.25, -0.2) is 0 Å². The van der Waals surface area contributed by atoms with Crippen LogP contribution in [0.2, 0.25) is 5.28 Å². The van der Waals surface area contributed by atoms with E-state index in [4.69, 9.17) is 16.3 Å². The van der Waals surface area contributed by atoms with Crippen LogP contribution in [0.4, 0.5) is 5.95 Å². The zero-order valence-corrected chi connectivity index (χ0v) is 12.8. The molecule has 1 aliphatic carbocycles. The third kappa shape index (κ3) is 4.38. The van der Waals surface area contributed by atoms with Gasteiger partial charge in [0.15, 0.2) is 0 Å². The van der Waals surface area contributed by atoms with Gasteiger partial charge >= 0.3 is 6.01 Å². The molecule has 0 amide bonds. The van der Waals surface area contributed by atoms with Crippen molar-refractivity contribution in [3.8, 4) is 6.01 Å². The highest BCUT2D eigenvalue weighted by Gasteiger charge is 2.24. The molecule has 1 N–H and O–H groups in total. The molecule has 2 unspecified atom stereocenters. The van der Waals surface area contributed by atoms with Gasteiger partial charge in [-0.2, -0.15) is 26.7 Å². The van der Waals surface area contributed by atoms with Crippen molar-refractivity contribution in [2.75, 3.05) is 18.2 Å². The molecule has 106 valence electrons. The summed E-state index contributed by atoms with van der Waals surface area (Å²) < 4.78 is 5.39. The van der Waals surface area contributed by atoms with E-state index in [0.717, 1.165) is 24.5 Å². The summed E-state index contributed by atoms with van der Waals surface area (Å²) in [5, 5.41) is 4.22. The van der Waals surface area contributed by atoms with E-state index in [1.807, 2.05) is 18.7 Å². The molecule has 1 fully saturated rings. The second-order valence-corrected chi connectivity index (χ2v) is 6.05. The van der Waals surface area contributed by atoms with Crippen LogP contribution in [0, 0.1) is 0 Å². The molecule has 2 rings (SSSR count). The summed E-state index contributed by atoms with van der Waals surface area (Å²) in [5.41, 5.74) is 0. The highest BCUT2D eigenvalue weighted by molar-refractivity contribution is 7.99. The van der Waals surface area contributed by atoms with Gasteiger partial charge in [-0.15, -0.1) is 0 Å². The first-order valence-corrected chi connectivity index (χ1v) is 8.21. The lowest BCUT2D eigenvalue weighted by Crippen LogP contribution is -2.18. The quantitative estimate of drug-likeness (QED) is 0.871. The van der Waals surface area contributed by atoms with Gasteiger partial charge < -0.3 is 10.1 Å². The van der Waals surface area contributed by atoms with Gasteiger partial charge in [0.2, 0.25) is 11.2 Å². The number of hydrogen-bond acceptors (Lipinski definition) is 6. The van der Waals surface area contributed by atoms with Crippen molar-refractivity contribution in [2.24, 2.45) is 0 Å². The predicted octanol–water partition coefficient (Wildman–Crippen LogP) is 3.01. The fourth-order valence-corrected chi connectivity index (χ4v) is 3.07. The molecule has 0 bridgehead atoms. The van der Waals surface area contributed by atoms with E-state index in [-0.39, 0.29) is 5.28 Å². The van der Waals surface area contributed by atoms with E-state index in [2.05, 4.69) is 26.5 Å². The molecular formula is C12H19ClN4OS. The number of aromatic nitrogens is 3. The van der Waals surface area contributed by atoms with E-state index in [1.54, 1.807) is 0 Å². The summed E-state index contributed by atoms with van der Waals surface area (Å²) in [6, 6.07) is 0.707. The maximum Gasteiger partial charge on any atom is 0.322 e. The van der Waals surface area contributed by atoms with Crippen molar-refractivity contribution in [3.63, 3.8) is 0 Å². The van der Waals surface area contributed by atoms with Crippen LogP contribution in [0.3, 0.4) is 0 Å². The fraction of sp³-hybridized carbons (Fsp3) is 0.750. The minimum Gasteiger partial charge on any atom is -0.463 e. The molecule has 1 saturated carbocycles. The van der Waals surface area contributed by atoms with Crippen molar-refractivity contribution < 1.29 is 4.74 Å². The van der Waals surface area contributed by atoms with Crippen molar-refractivity contribution in [3.05, 3.63) is 5.28 Å². The molecule has 2 atom stereocenters. The smallest absolute Gasteiger partial charge is 0.322 e. The SMILES string of the molecule is CCCOc1nc(Cl)nc(NC2CCC(SC)C2)n1. The molecule has 7 heteroatoms. The minimum atomic E-state index is 0.169. The summed E-state index contributed by atoms with van der Waals surface area (Å²) >= 11 is 7.80. The number of nitrogens with one attached hydrogen (secondary N) is 1. The average molecular weight is 303 g/mol. The number of nitrogens with zero attached hydrogens (tertiary/aromatic N) is 3. The van der Waals surface area contributed by atoms with Gasteiger partial charge in [0.05, 0.1) is 6.61 Å². The predicted molar refractivity (Wildman–Crippen MR) is 79.2 cm³/mol. The van der Waals surface area contributed by atoms with Gasteiger partial charge in [-0.05, 0) is 43.5 Å². The highest BCUT2D eigenvalue weighted by Crippen LogP contribution is 2.29. The number of rotatable bonds is 6. The van der Waals surface area contributed by atoms with Crippen molar-refractivity contribution in [1.82, 2.24) is 15.0 Å². The Morgan fingerprint density at radius 1 is 1.37 bits per heavy atom. The van der Waals surface area contributed by atoms with Crippen LogP contribution in [-0.2, 0) is 0 Å². The molecule has 19 heavy (non-hydrogen) atoms. The van der Waals surface area contributed by atoms with E-state index in [1.165, 1.54) is 6.42 Å². The van der Waals surface area contributed by atoms with Crippen molar-refractivity contribution >= 4 is 29.3 Å². The highest BCUT2D eigenvalue weighted by atomic mass is 35.5. The normalized spacial score (nSPS) is 22.5. The number of anilines is 1. The molecule has 1 aromatic heterocycles. The molecule has 5 nitrogen and oxygen atoms in total. The Morgan fingerprint density at radius 3 is 2.89 bits per heavy atom. The Hall–Kier alpha value is -0.750. The van der Waals surface area contributed by atoms with Crippen molar-refractivity contribution in [1.29, 1.82) is 0 Å². The van der Waals surface area contributed by atoms with Crippen LogP contribution in [0.25, 0.3) is 0 Å². The lowest BCUT2D eigenvalue weighted by Gasteiger charge is -2.13. The second-order valence-electron chi connectivity index (χ2n) is 4.57. The summed E-state index contributed by atoms with van der Waals surface area (Å²) in [6.45, 7) is 2.61. The Bertz CT molecular complexity index is 421. The third-order valence-electron chi connectivity index (χ3n) is 3.07. The first-order chi connectivity index (χ1) is 9.21. The lowest BCUT2D eigenvalue weighted by atomic mass is 10.2. The maximum atomic E-state index is 5.88. The summed E-state index contributed by atoms with van der Waals surface area (Å²) in [5.74, 6) is 0.512. The molecule has 1 aromatic rings. The van der Waals surface area contributed by atoms with Gasteiger partial charge in [-0.3, -0.25) is 0 Å². The van der Waals surface area contributed by atoms with E-state index >= 15 is 0 Å². The maximum absolute atomic E-state index is 5.88. The van der Waals surface area contributed by atoms with Crippen LogP contribution >= 0.6 is 23.4 Å². The van der Waals surface area contributed by atoms with Gasteiger partial charge in [0.1, 0.15) is 0 Å². The minimum absolute atomic E-state index is 0.169. The molecule has 0 aliphatic heterocycles. The topological polar surface area (TPSA) is 59.9 Å². The average Bonchev–Trinajstić information content (AvgIpc) is 2.83. The monoisotopic (exact) mass is 302 g/mol.